The monoisotopic (exact) mass is 337 g/mol. The first-order valence-electron chi connectivity index (χ1n) is 9.68. The molecule has 1 aliphatic carbocycles. The van der Waals surface area contributed by atoms with E-state index in [1.165, 1.54) is 54.5 Å². The first kappa shape index (κ1) is 17.8. The summed E-state index contributed by atoms with van der Waals surface area (Å²) in [7, 11) is 1.71. The predicted octanol–water partition coefficient (Wildman–Crippen LogP) is 6.48. The molecule has 0 radical (unpaired) electrons. The third kappa shape index (κ3) is 4.56. The molecular formula is C23H31NO. The van der Waals surface area contributed by atoms with Crippen molar-refractivity contribution in [1.29, 1.82) is 0 Å². The molecule has 1 fully saturated rings. The number of benzene rings is 2. The van der Waals surface area contributed by atoms with E-state index in [9.17, 15) is 0 Å². The Hall–Kier alpha value is -1.96. The van der Waals surface area contributed by atoms with Crippen LogP contribution in [-0.4, -0.2) is 7.11 Å². The van der Waals surface area contributed by atoms with E-state index in [1.807, 2.05) is 12.1 Å². The Morgan fingerprint density at radius 1 is 1.00 bits per heavy atom. The first-order chi connectivity index (χ1) is 12.2. The van der Waals surface area contributed by atoms with Gasteiger partial charge in [-0.05, 0) is 59.6 Å². The van der Waals surface area contributed by atoms with Crippen molar-refractivity contribution in [1.82, 2.24) is 0 Å². The second-order valence-corrected chi connectivity index (χ2v) is 7.54. The minimum absolute atomic E-state index is 0.581. The van der Waals surface area contributed by atoms with Gasteiger partial charge >= 0.3 is 0 Å². The fraction of sp³-hybridized carbons (Fsp3) is 0.478. The smallest absolute Gasteiger partial charge is 0.118 e. The van der Waals surface area contributed by atoms with Crippen LogP contribution in [0, 0.1) is 0 Å². The van der Waals surface area contributed by atoms with Crippen molar-refractivity contribution in [2.75, 3.05) is 12.4 Å². The zero-order valence-corrected chi connectivity index (χ0v) is 15.8. The third-order valence-electron chi connectivity index (χ3n) is 5.43. The minimum Gasteiger partial charge on any atom is -0.497 e. The van der Waals surface area contributed by atoms with Gasteiger partial charge in [0.25, 0.3) is 0 Å². The SMILES string of the molecule is COc1ccc(CNc2ccc(C(C)C)cc2C2CCCCC2)cc1. The van der Waals surface area contributed by atoms with E-state index in [4.69, 9.17) is 4.74 Å². The topological polar surface area (TPSA) is 21.3 Å². The Balaban J connectivity index is 1.78. The third-order valence-corrected chi connectivity index (χ3v) is 5.43. The van der Waals surface area contributed by atoms with Crippen LogP contribution in [0.15, 0.2) is 42.5 Å². The number of anilines is 1. The van der Waals surface area contributed by atoms with Crippen molar-refractivity contribution < 1.29 is 4.74 Å². The maximum absolute atomic E-state index is 5.25. The summed E-state index contributed by atoms with van der Waals surface area (Å²) >= 11 is 0. The summed E-state index contributed by atoms with van der Waals surface area (Å²) in [5.41, 5.74) is 5.57. The van der Waals surface area contributed by atoms with Crippen LogP contribution in [0.4, 0.5) is 5.69 Å². The van der Waals surface area contributed by atoms with Crippen LogP contribution < -0.4 is 10.1 Å². The molecule has 3 rings (SSSR count). The molecule has 2 heteroatoms. The van der Waals surface area contributed by atoms with Crippen LogP contribution >= 0.6 is 0 Å². The summed E-state index contributed by atoms with van der Waals surface area (Å²) in [4.78, 5) is 0. The lowest BCUT2D eigenvalue weighted by Gasteiger charge is -2.26. The molecule has 134 valence electrons. The second kappa shape index (κ2) is 8.42. The van der Waals surface area contributed by atoms with Crippen molar-refractivity contribution in [3.63, 3.8) is 0 Å². The average Bonchev–Trinajstić information content (AvgIpc) is 2.67. The predicted molar refractivity (Wildman–Crippen MR) is 107 cm³/mol. The molecule has 2 aromatic rings. The number of hydrogen-bond acceptors (Lipinski definition) is 2. The molecule has 0 heterocycles. The number of rotatable bonds is 6. The highest BCUT2D eigenvalue weighted by atomic mass is 16.5. The average molecular weight is 338 g/mol. The highest BCUT2D eigenvalue weighted by Crippen LogP contribution is 2.38. The van der Waals surface area contributed by atoms with Gasteiger partial charge in [-0.15, -0.1) is 0 Å². The van der Waals surface area contributed by atoms with Gasteiger partial charge < -0.3 is 10.1 Å². The molecule has 1 N–H and O–H groups in total. The molecule has 0 atom stereocenters. The summed E-state index contributed by atoms with van der Waals surface area (Å²) in [6.45, 7) is 5.42. The Morgan fingerprint density at radius 3 is 2.36 bits per heavy atom. The van der Waals surface area contributed by atoms with E-state index >= 15 is 0 Å². The molecule has 2 nitrogen and oxygen atoms in total. The van der Waals surface area contributed by atoms with Crippen LogP contribution in [0.25, 0.3) is 0 Å². The number of methoxy groups -OCH3 is 1. The summed E-state index contributed by atoms with van der Waals surface area (Å²) in [6.07, 6.45) is 6.80. The van der Waals surface area contributed by atoms with E-state index < -0.39 is 0 Å². The van der Waals surface area contributed by atoms with Crippen LogP contribution in [-0.2, 0) is 6.54 Å². The molecule has 0 aliphatic heterocycles. The summed E-state index contributed by atoms with van der Waals surface area (Å²) in [6, 6.07) is 15.4. The zero-order chi connectivity index (χ0) is 17.6. The van der Waals surface area contributed by atoms with Crippen molar-refractivity contribution in [2.45, 2.75) is 64.3 Å². The Bertz CT molecular complexity index is 669. The Kier molecular flexibility index (Phi) is 6.01. The summed E-state index contributed by atoms with van der Waals surface area (Å²) < 4.78 is 5.25. The summed E-state index contributed by atoms with van der Waals surface area (Å²) in [5, 5.41) is 3.69. The fourth-order valence-corrected chi connectivity index (χ4v) is 3.79. The number of ether oxygens (including phenoxy) is 1. The van der Waals surface area contributed by atoms with Gasteiger partial charge in [-0.2, -0.15) is 0 Å². The van der Waals surface area contributed by atoms with E-state index in [-0.39, 0.29) is 0 Å². The maximum atomic E-state index is 5.25. The van der Waals surface area contributed by atoms with Crippen LogP contribution in [0.1, 0.15) is 74.5 Å². The highest BCUT2D eigenvalue weighted by molar-refractivity contribution is 5.55. The van der Waals surface area contributed by atoms with Crippen LogP contribution in [0.5, 0.6) is 5.75 Å². The maximum Gasteiger partial charge on any atom is 0.118 e. The Morgan fingerprint density at radius 2 is 1.72 bits per heavy atom. The molecule has 0 aromatic heterocycles. The summed E-state index contributed by atoms with van der Waals surface area (Å²) in [5.74, 6) is 2.21. The van der Waals surface area contributed by atoms with E-state index in [2.05, 4.69) is 49.5 Å². The first-order valence-corrected chi connectivity index (χ1v) is 9.68. The van der Waals surface area contributed by atoms with Gasteiger partial charge in [-0.25, -0.2) is 0 Å². The van der Waals surface area contributed by atoms with Crippen LogP contribution in [0.2, 0.25) is 0 Å². The standard InChI is InChI=1S/C23H31NO/c1-17(2)20-11-14-23(22(15-20)19-7-5-4-6-8-19)24-16-18-9-12-21(25-3)13-10-18/h9-15,17,19,24H,4-8,16H2,1-3H3. The normalized spacial score (nSPS) is 15.4. The van der Waals surface area contributed by atoms with Gasteiger partial charge in [0.2, 0.25) is 0 Å². The molecule has 0 amide bonds. The fourth-order valence-electron chi connectivity index (χ4n) is 3.79. The van der Waals surface area contributed by atoms with Gasteiger partial charge in [0.15, 0.2) is 0 Å². The van der Waals surface area contributed by atoms with Crippen molar-refractivity contribution in [3.05, 3.63) is 59.2 Å². The van der Waals surface area contributed by atoms with Crippen LogP contribution in [0.3, 0.4) is 0 Å². The number of hydrogen-bond donors (Lipinski definition) is 1. The zero-order valence-electron chi connectivity index (χ0n) is 15.8. The Labute approximate surface area is 152 Å². The molecule has 25 heavy (non-hydrogen) atoms. The molecule has 1 saturated carbocycles. The molecule has 0 unspecified atom stereocenters. The molecule has 0 saturated heterocycles. The van der Waals surface area contributed by atoms with Gasteiger partial charge in [0.05, 0.1) is 7.11 Å². The molecule has 0 spiro atoms. The molecule has 2 aromatic carbocycles. The lowest BCUT2D eigenvalue weighted by atomic mass is 9.82. The molecule has 1 aliphatic rings. The number of nitrogens with one attached hydrogen (secondary N) is 1. The van der Waals surface area contributed by atoms with Gasteiger partial charge in [0.1, 0.15) is 5.75 Å². The lowest BCUT2D eigenvalue weighted by molar-refractivity contribution is 0.414. The van der Waals surface area contributed by atoms with E-state index in [1.54, 1.807) is 7.11 Å². The largest absolute Gasteiger partial charge is 0.497 e. The minimum atomic E-state index is 0.581. The lowest BCUT2D eigenvalue weighted by Crippen LogP contribution is -2.10. The van der Waals surface area contributed by atoms with Gasteiger partial charge in [-0.3, -0.25) is 0 Å². The van der Waals surface area contributed by atoms with E-state index in [0.717, 1.165) is 12.3 Å². The van der Waals surface area contributed by atoms with Gasteiger partial charge in [0, 0.05) is 12.2 Å². The molecular weight excluding hydrogens is 306 g/mol. The highest BCUT2D eigenvalue weighted by Gasteiger charge is 2.19. The van der Waals surface area contributed by atoms with Crippen molar-refractivity contribution in [3.8, 4) is 5.75 Å². The second-order valence-electron chi connectivity index (χ2n) is 7.54. The van der Waals surface area contributed by atoms with E-state index in [0.29, 0.717) is 11.8 Å². The molecule has 0 bridgehead atoms. The quantitative estimate of drug-likeness (QED) is 0.651. The van der Waals surface area contributed by atoms with Crippen molar-refractivity contribution in [2.24, 2.45) is 0 Å². The van der Waals surface area contributed by atoms with Gasteiger partial charge in [-0.1, -0.05) is 57.4 Å². The van der Waals surface area contributed by atoms with Crippen molar-refractivity contribution >= 4 is 5.69 Å².